The summed E-state index contributed by atoms with van der Waals surface area (Å²) in [6, 6.07) is 79.1. The van der Waals surface area contributed by atoms with Crippen LogP contribution in [0.1, 0.15) is 51.3 Å². The van der Waals surface area contributed by atoms with Crippen LogP contribution < -0.4 is 5.32 Å². The fraction of sp³-hybridized carbons (Fsp3) is 0.0536. The van der Waals surface area contributed by atoms with Gasteiger partial charge in [-0.3, -0.25) is 0 Å². The molecule has 1 aromatic heterocycles. The summed E-state index contributed by atoms with van der Waals surface area (Å²) < 4.78 is 2.49. The zero-order chi connectivity index (χ0) is 39.6. The van der Waals surface area contributed by atoms with Crippen LogP contribution >= 0.6 is 0 Å². The van der Waals surface area contributed by atoms with E-state index in [1.54, 1.807) is 0 Å². The van der Waals surface area contributed by atoms with Gasteiger partial charge in [0.05, 0.1) is 16.4 Å². The first-order valence-corrected chi connectivity index (χ1v) is 20.7. The van der Waals surface area contributed by atoms with Crippen molar-refractivity contribution in [2.24, 2.45) is 4.99 Å². The summed E-state index contributed by atoms with van der Waals surface area (Å²) in [5.41, 5.74) is 14.0. The number of nitrogens with zero attached hydrogens (tertiary/aromatic N) is 3. The summed E-state index contributed by atoms with van der Waals surface area (Å²) in [6.07, 6.45) is -0.504. The summed E-state index contributed by atoms with van der Waals surface area (Å²) in [6.45, 7) is 0. The van der Waals surface area contributed by atoms with Crippen LogP contribution in [0.2, 0.25) is 0 Å². The molecule has 4 nitrogen and oxygen atoms in total. The van der Waals surface area contributed by atoms with E-state index in [2.05, 4.69) is 204 Å². The number of hydrogen-bond acceptors (Lipinski definition) is 2. The maximum absolute atomic E-state index is 5.19. The van der Waals surface area contributed by atoms with E-state index in [9.17, 15) is 0 Å². The number of benzene rings is 9. The Kier molecular flexibility index (Phi) is 7.94. The third-order valence-corrected chi connectivity index (χ3v) is 12.6. The van der Waals surface area contributed by atoms with Gasteiger partial charge >= 0.3 is 0 Å². The predicted molar refractivity (Wildman–Crippen MR) is 247 cm³/mol. The van der Waals surface area contributed by atoms with Crippen LogP contribution in [-0.2, 0) is 5.41 Å². The molecular weight excluding hydrogens is 729 g/mol. The molecular formula is C56H39N4-. The minimum atomic E-state index is -0.525. The van der Waals surface area contributed by atoms with Crippen LogP contribution in [0.5, 0.6) is 0 Å². The summed E-state index contributed by atoms with van der Waals surface area (Å²) in [4.78, 5) is 5.19. The van der Waals surface area contributed by atoms with E-state index >= 15 is 0 Å². The van der Waals surface area contributed by atoms with Crippen molar-refractivity contribution in [3.8, 4) is 16.8 Å². The van der Waals surface area contributed by atoms with E-state index in [4.69, 9.17) is 10.3 Å². The lowest BCUT2D eigenvalue weighted by Crippen LogP contribution is -2.31. The number of amidine groups is 1. The van der Waals surface area contributed by atoms with Gasteiger partial charge in [0.1, 0.15) is 0 Å². The number of para-hydroxylation sites is 1. The van der Waals surface area contributed by atoms with E-state index in [-0.39, 0.29) is 12.3 Å². The van der Waals surface area contributed by atoms with Crippen molar-refractivity contribution >= 4 is 38.4 Å². The Hall–Kier alpha value is -7.53. The maximum atomic E-state index is 5.19. The number of rotatable bonds is 6. The predicted octanol–water partition coefficient (Wildman–Crippen LogP) is 13.4. The third-order valence-electron chi connectivity index (χ3n) is 12.6. The first-order valence-electron chi connectivity index (χ1n) is 20.7. The van der Waals surface area contributed by atoms with E-state index in [1.807, 2.05) is 24.3 Å². The Morgan fingerprint density at radius 1 is 0.500 bits per heavy atom. The van der Waals surface area contributed by atoms with Crippen molar-refractivity contribution in [1.29, 1.82) is 0 Å². The molecule has 0 bridgehead atoms. The third kappa shape index (κ3) is 5.11. The normalized spacial score (nSPS) is 16.6. The number of aliphatic imine (C=N–C) groups is 1. The van der Waals surface area contributed by atoms with Crippen molar-refractivity contribution in [2.45, 2.75) is 17.7 Å². The SMILES string of the molecule is c1ccc(C2=NC(c3ccc(-n4c5ccccc5c5c6c(c7ccccc7c54)C(c4ccccc4)(c4ccccc4)c4ccccc4-6)cc3)NC(c3ccccc3)[N-]2)cc1. The van der Waals surface area contributed by atoms with Gasteiger partial charge in [-0.2, -0.15) is 0 Å². The van der Waals surface area contributed by atoms with E-state index in [1.165, 1.54) is 66.0 Å². The highest BCUT2D eigenvalue weighted by Gasteiger charge is 2.48. The summed E-state index contributed by atoms with van der Waals surface area (Å²) in [5, 5.41) is 13.8. The molecule has 1 aliphatic carbocycles. The van der Waals surface area contributed by atoms with Crippen molar-refractivity contribution in [2.75, 3.05) is 0 Å². The van der Waals surface area contributed by atoms with Gasteiger partial charge in [0.25, 0.3) is 0 Å². The van der Waals surface area contributed by atoms with Crippen molar-refractivity contribution in [3.05, 3.63) is 263 Å². The molecule has 2 atom stereocenters. The molecule has 1 N–H and O–H groups in total. The number of fused-ring (bicyclic) bond motifs is 10. The average Bonchev–Trinajstić information content (AvgIpc) is 3.85. The molecule has 10 aromatic rings. The standard InChI is InChI=1S/C56H39N4/c1-5-19-37(20-6-1)53-57-54(38-21-7-2-8-22-38)59-55(58-53)39-33-35-42(36-34-39)60-48-32-18-16-30-46(48)50-49-45-29-15-17-31-47(45)56(40-23-9-3-10-24-40,41-25-11-4-12-26-41)51(49)43-27-13-14-28-44(43)52(50)60/h1-36,53,55,58H/q-1. The van der Waals surface area contributed by atoms with E-state index in [0.29, 0.717) is 0 Å². The Balaban J connectivity index is 1.10. The number of hydrogen-bond donors (Lipinski definition) is 1. The Morgan fingerprint density at radius 3 is 1.77 bits per heavy atom. The van der Waals surface area contributed by atoms with Gasteiger partial charge in [0.2, 0.25) is 0 Å². The minimum Gasteiger partial charge on any atom is -0.445 e. The van der Waals surface area contributed by atoms with Gasteiger partial charge < -0.3 is 20.2 Å². The largest absolute Gasteiger partial charge is 0.445 e. The number of aromatic nitrogens is 1. The second-order valence-electron chi connectivity index (χ2n) is 15.8. The fourth-order valence-electron chi connectivity index (χ4n) is 10.2. The topological polar surface area (TPSA) is 43.4 Å². The van der Waals surface area contributed by atoms with E-state index < -0.39 is 5.41 Å². The molecule has 284 valence electrons. The lowest BCUT2D eigenvalue weighted by Gasteiger charge is -2.40. The first kappa shape index (κ1) is 34.5. The van der Waals surface area contributed by atoms with Crippen LogP contribution in [0.4, 0.5) is 0 Å². The minimum absolute atomic E-state index is 0.226. The van der Waals surface area contributed by atoms with Gasteiger partial charge in [-0.15, -0.1) is 0 Å². The lowest BCUT2D eigenvalue weighted by molar-refractivity contribution is 0.488. The molecule has 12 rings (SSSR count). The molecule has 2 heterocycles. The summed E-state index contributed by atoms with van der Waals surface area (Å²) >= 11 is 0. The molecule has 2 unspecified atom stereocenters. The van der Waals surface area contributed by atoms with Crippen LogP contribution in [0.25, 0.3) is 54.7 Å². The highest BCUT2D eigenvalue weighted by molar-refractivity contribution is 6.27. The maximum Gasteiger partial charge on any atom is 0.0719 e. The Morgan fingerprint density at radius 2 is 1.07 bits per heavy atom. The van der Waals surface area contributed by atoms with Gasteiger partial charge in [-0.25, -0.2) is 0 Å². The summed E-state index contributed by atoms with van der Waals surface area (Å²) in [5.74, 6) is 0.752. The highest BCUT2D eigenvalue weighted by atomic mass is 15.3. The molecule has 1 aliphatic heterocycles. The quantitative estimate of drug-likeness (QED) is 0.180. The second kappa shape index (κ2) is 13.8. The monoisotopic (exact) mass is 767 g/mol. The second-order valence-corrected chi connectivity index (χ2v) is 15.8. The van der Waals surface area contributed by atoms with Crippen LogP contribution in [-0.4, -0.2) is 10.4 Å². The molecule has 4 heteroatoms. The van der Waals surface area contributed by atoms with Gasteiger partial charge in [-0.1, -0.05) is 206 Å². The lowest BCUT2D eigenvalue weighted by atomic mass is 9.66. The zero-order valence-electron chi connectivity index (χ0n) is 32.8. The zero-order valence-corrected chi connectivity index (χ0v) is 32.8. The molecule has 2 aliphatic rings. The van der Waals surface area contributed by atoms with Crippen molar-refractivity contribution < 1.29 is 0 Å². The molecule has 0 saturated heterocycles. The van der Waals surface area contributed by atoms with Crippen LogP contribution in [0.15, 0.2) is 223 Å². The summed E-state index contributed by atoms with van der Waals surface area (Å²) in [7, 11) is 0. The van der Waals surface area contributed by atoms with Gasteiger partial charge in [0, 0.05) is 34.2 Å². The molecule has 0 amide bonds. The number of nitrogens with one attached hydrogen (secondary N) is 1. The van der Waals surface area contributed by atoms with Crippen molar-refractivity contribution in [3.63, 3.8) is 0 Å². The van der Waals surface area contributed by atoms with Gasteiger partial charge in [0.15, 0.2) is 0 Å². The Bertz CT molecular complexity index is 3200. The smallest absolute Gasteiger partial charge is 0.0719 e. The van der Waals surface area contributed by atoms with Gasteiger partial charge in [-0.05, 0) is 73.7 Å². The van der Waals surface area contributed by atoms with Crippen LogP contribution in [0.3, 0.4) is 0 Å². The fourth-order valence-corrected chi connectivity index (χ4v) is 10.2. The molecule has 9 aromatic carbocycles. The Labute approximate surface area is 349 Å². The van der Waals surface area contributed by atoms with Crippen LogP contribution in [0, 0.1) is 0 Å². The molecule has 60 heavy (non-hydrogen) atoms. The highest BCUT2D eigenvalue weighted by Crippen LogP contribution is 2.61. The molecule has 0 saturated carbocycles. The van der Waals surface area contributed by atoms with E-state index in [0.717, 1.165) is 28.2 Å². The first-order chi connectivity index (χ1) is 29.8. The van der Waals surface area contributed by atoms with Crippen molar-refractivity contribution in [1.82, 2.24) is 9.88 Å². The average molecular weight is 768 g/mol. The molecule has 0 spiro atoms. The molecule has 0 fully saturated rings. The molecule has 0 radical (unpaired) electrons.